The van der Waals surface area contributed by atoms with Crippen molar-refractivity contribution in [3.63, 3.8) is 0 Å². The van der Waals surface area contributed by atoms with Crippen LogP contribution in [0.5, 0.6) is 0 Å². The van der Waals surface area contributed by atoms with Crippen LogP contribution < -0.4 is 5.32 Å². The van der Waals surface area contributed by atoms with Crippen LogP contribution in [0.25, 0.3) is 0 Å². The number of hydrogen-bond acceptors (Lipinski definition) is 2. The molecule has 4 atom stereocenters. The first-order chi connectivity index (χ1) is 8.38. The van der Waals surface area contributed by atoms with E-state index in [2.05, 4.69) is 17.3 Å². The molecule has 1 N–H and O–H groups in total. The zero-order chi connectivity index (χ0) is 11.7. The minimum Gasteiger partial charge on any atom is -0.317 e. The van der Waals surface area contributed by atoms with E-state index in [0.717, 1.165) is 24.0 Å². The highest BCUT2D eigenvalue weighted by molar-refractivity contribution is 4.94. The Morgan fingerprint density at radius 3 is 2.59 bits per heavy atom. The van der Waals surface area contributed by atoms with Gasteiger partial charge in [0.25, 0.3) is 0 Å². The molecular weight excluding hydrogens is 208 g/mol. The Labute approximate surface area is 106 Å². The van der Waals surface area contributed by atoms with Crippen molar-refractivity contribution < 1.29 is 0 Å². The van der Waals surface area contributed by atoms with Crippen molar-refractivity contribution in [2.45, 2.75) is 75.9 Å². The van der Waals surface area contributed by atoms with Gasteiger partial charge in [-0.3, -0.25) is 4.90 Å². The molecule has 0 spiro atoms. The molecule has 0 radical (unpaired) electrons. The number of rotatable bonds is 2. The van der Waals surface area contributed by atoms with Crippen molar-refractivity contribution in [3.05, 3.63) is 0 Å². The molecule has 2 saturated carbocycles. The predicted molar refractivity (Wildman–Crippen MR) is 72.2 cm³/mol. The quantitative estimate of drug-likeness (QED) is 0.793. The fourth-order valence-electron chi connectivity index (χ4n) is 4.64. The number of fused-ring (bicyclic) bond motifs is 1. The molecule has 1 heterocycles. The fourth-order valence-corrected chi connectivity index (χ4v) is 4.64. The first kappa shape index (κ1) is 12.0. The molecule has 1 aliphatic heterocycles. The second-order valence-electron chi connectivity index (χ2n) is 6.44. The van der Waals surface area contributed by atoms with Crippen LogP contribution >= 0.6 is 0 Å². The third-order valence-electron chi connectivity index (χ3n) is 5.57. The maximum absolute atomic E-state index is 3.48. The van der Waals surface area contributed by atoms with Gasteiger partial charge in [0.15, 0.2) is 0 Å². The number of nitrogens with one attached hydrogen (secondary N) is 1. The van der Waals surface area contributed by atoms with Crippen LogP contribution in [0.4, 0.5) is 0 Å². The number of hydrogen-bond donors (Lipinski definition) is 1. The molecule has 0 aromatic carbocycles. The van der Waals surface area contributed by atoms with Gasteiger partial charge in [0.2, 0.25) is 0 Å². The molecule has 2 heteroatoms. The molecule has 98 valence electrons. The van der Waals surface area contributed by atoms with E-state index in [1.807, 2.05) is 0 Å². The van der Waals surface area contributed by atoms with Crippen molar-refractivity contribution in [2.24, 2.45) is 5.92 Å². The summed E-state index contributed by atoms with van der Waals surface area (Å²) in [6, 6.07) is 2.65. The SMILES string of the molecule is CNC1CCC(N2CCC[C@H]3CCCC[C@H]32)C1. The molecule has 0 bridgehead atoms. The smallest absolute Gasteiger partial charge is 0.0126 e. The van der Waals surface area contributed by atoms with Crippen LogP contribution in [0, 0.1) is 5.92 Å². The number of likely N-dealkylation sites (tertiary alicyclic amines) is 1. The van der Waals surface area contributed by atoms with Crippen molar-refractivity contribution in [1.82, 2.24) is 10.2 Å². The monoisotopic (exact) mass is 236 g/mol. The van der Waals surface area contributed by atoms with E-state index in [4.69, 9.17) is 0 Å². The second kappa shape index (κ2) is 5.27. The van der Waals surface area contributed by atoms with Crippen molar-refractivity contribution in [3.8, 4) is 0 Å². The third kappa shape index (κ3) is 2.39. The zero-order valence-electron chi connectivity index (χ0n) is 11.3. The van der Waals surface area contributed by atoms with Gasteiger partial charge in [-0.25, -0.2) is 0 Å². The Morgan fingerprint density at radius 2 is 1.76 bits per heavy atom. The molecule has 0 aromatic rings. The first-order valence-electron chi connectivity index (χ1n) is 7.81. The minimum atomic E-state index is 0.795. The van der Waals surface area contributed by atoms with Crippen LogP contribution in [0.1, 0.15) is 57.8 Å². The average Bonchev–Trinajstić information content (AvgIpc) is 2.87. The fraction of sp³-hybridized carbons (Fsp3) is 1.00. The van der Waals surface area contributed by atoms with E-state index in [-0.39, 0.29) is 0 Å². The molecule has 2 nitrogen and oxygen atoms in total. The molecule has 3 fully saturated rings. The van der Waals surface area contributed by atoms with E-state index < -0.39 is 0 Å². The van der Waals surface area contributed by atoms with Gasteiger partial charge >= 0.3 is 0 Å². The Balaban J connectivity index is 1.65. The summed E-state index contributed by atoms with van der Waals surface area (Å²) >= 11 is 0. The molecule has 2 unspecified atom stereocenters. The summed E-state index contributed by atoms with van der Waals surface area (Å²) in [5.74, 6) is 1.05. The van der Waals surface area contributed by atoms with E-state index >= 15 is 0 Å². The van der Waals surface area contributed by atoms with Gasteiger partial charge < -0.3 is 5.32 Å². The highest BCUT2D eigenvalue weighted by Gasteiger charge is 2.38. The highest BCUT2D eigenvalue weighted by atomic mass is 15.2. The largest absolute Gasteiger partial charge is 0.317 e. The molecule has 0 amide bonds. The lowest BCUT2D eigenvalue weighted by atomic mass is 9.77. The van der Waals surface area contributed by atoms with E-state index in [0.29, 0.717) is 0 Å². The Morgan fingerprint density at radius 1 is 0.941 bits per heavy atom. The van der Waals surface area contributed by atoms with Gasteiger partial charge in [-0.15, -0.1) is 0 Å². The standard InChI is InChI=1S/C15H28N2/c1-16-13-8-9-14(11-13)17-10-4-6-12-5-2-3-7-15(12)17/h12-16H,2-11H2,1H3/t12-,13?,14?,15-/m1/s1. The van der Waals surface area contributed by atoms with Crippen LogP contribution in [0.3, 0.4) is 0 Å². The lowest BCUT2D eigenvalue weighted by Gasteiger charge is -2.47. The zero-order valence-corrected chi connectivity index (χ0v) is 11.3. The van der Waals surface area contributed by atoms with Crippen molar-refractivity contribution in [1.29, 1.82) is 0 Å². The molecule has 3 aliphatic rings. The normalized spacial score (nSPS) is 43.6. The van der Waals surface area contributed by atoms with Crippen molar-refractivity contribution in [2.75, 3.05) is 13.6 Å². The van der Waals surface area contributed by atoms with Crippen LogP contribution in [-0.4, -0.2) is 36.6 Å². The van der Waals surface area contributed by atoms with Gasteiger partial charge in [-0.2, -0.15) is 0 Å². The summed E-state index contributed by atoms with van der Waals surface area (Å²) in [7, 11) is 2.13. The summed E-state index contributed by atoms with van der Waals surface area (Å²) in [6.07, 6.45) is 13.2. The number of nitrogens with zero attached hydrogens (tertiary/aromatic N) is 1. The molecule has 3 rings (SSSR count). The van der Waals surface area contributed by atoms with Crippen LogP contribution in [0.2, 0.25) is 0 Å². The molecule has 0 aromatic heterocycles. The summed E-state index contributed by atoms with van der Waals surface area (Å²) in [4.78, 5) is 2.92. The van der Waals surface area contributed by atoms with Gasteiger partial charge in [-0.05, 0) is 64.5 Å². The summed E-state index contributed by atoms with van der Waals surface area (Å²) in [6.45, 7) is 1.39. The third-order valence-corrected chi connectivity index (χ3v) is 5.57. The lowest BCUT2D eigenvalue weighted by molar-refractivity contribution is 0.0271. The van der Waals surface area contributed by atoms with Crippen molar-refractivity contribution >= 4 is 0 Å². The van der Waals surface area contributed by atoms with Gasteiger partial charge in [0, 0.05) is 18.1 Å². The summed E-state index contributed by atoms with van der Waals surface area (Å²) in [5.41, 5.74) is 0. The van der Waals surface area contributed by atoms with Gasteiger partial charge in [0.1, 0.15) is 0 Å². The molecular formula is C15H28N2. The lowest BCUT2D eigenvalue weighted by Crippen LogP contribution is -2.51. The van der Waals surface area contributed by atoms with Crippen LogP contribution in [-0.2, 0) is 0 Å². The predicted octanol–water partition coefficient (Wildman–Crippen LogP) is 2.78. The maximum atomic E-state index is 3.48. The topological polar surface area (TPSA) is 15.3 Å². The average molecular weight is 236 g/mol. The molecule has 2 aliphatic carbocycles. The summed E-state index contributed by atoms with van der Waals surface area (Å²) < 4.78 is 0. The first-order valence-corrected chi connectivity index (χ1v) is 7.81. The Kier molecular flexibility index (Phi) is 3.72. The molecule has 1 saturated heterocycles. The van der Waals surface area contributed by atoms with Crippen LogP contribution in [0.15, 0.2) is 0 Å². The maximum Gasteiger partial charge on any atom is 0.0126 e. The minimum absolute atomic E-state index is 0.795. The highest BCUT2D eigenvalue weighted by Crippen LogP contribution is 2.39. The van der Waals surface area contributed by atoms with Gasteiger partial charge in [0.05, 0.1) is 0 Å². The second-order valence-corrected chi connectivity index (χ2v) is 6.44. The number of piperidine rings is 1. The Hall–Kier alpha value is -0.0800. The summed E-state index contributed by atoms with van der Waals surface area (Å²) in [5, 5.41) is 3.48. The Bertz CT molecular complexity index is 251. The van der Waals surface area contributed by atoms with Gasteiger partial charge in [-0.1, -0.05) is 12.8 Å². The van der Waals surface area contributed by atoms with E-state index in [1.54, 1.807) is 0 Å². The van der Waals surface area contributed by atoms with E-state index in [9.17, 15) is 0 Å². The molecule has 17 heavy (non-hydrogen) atoms. The van der Waals surface area contributed by atoms with E-state index in [1.165, 1.54) is 64.3 Å².